The van der Waals surface area contributed by atoms with Gasteiger partial charge in [-0.05, 0) is 96.3 Å². The van der Waals surface area contributed by atoms with Crippen LogP contribution in [0.25, 0.3) is 0 Å². The number of rotatable bonds is 58. The first-order chi connectivity index (χ1) is 37.0. The lowest BCUT2D eigenvalue weighted by Gasteiger charge is -2.18. The number of hydrogen-bond acceptors (Lipinski definition) is 6. The number of hydrogen-bond donors (Lipinski definition) is 0. The van der Waals surface area contributed by atoms with Gasteiger partial charge in [0.2, 0.25) is 0 Å². The lowest BCUT2D eigenvalue weighted by molar-refractivity contribution is -0.167. The van der Waals surface area contributed by atoms with Gasteiger partial charge in [0.1, 0.15) is 13.2 Å². The monoisotopic (exact) mass is 1040 g/mol. The summed E-state index contributed by atoms with van der Waals surface area (Å²) in [5, 5.41) is 0. The predicted octanol–water partition coefficient (Wildman–Crippen LogP) is 21.9. The summed E-state index contributed by atoms with van der Waals surface area (Å²) in [5.41, 5.74) is 0. The van der Waals surface area contributed by atoms with Crippen LogP contribution in [0.4, 0.5) is 0 Å². The van der Waals surface area contributed by atoms with Gasteiger partial charge in [0.25, 0.3) is 0 Å². The molecule has 0 aliphatic heterocycles. The standard InChI is InChI=1S/C69H120O6/c1-4-7-10-13-16-19-22-25-27-29-30-31-32-33-34-35-36-37-38-39-40-41-43-44-47-50-53-56-59-62-68(71)74-65-66(64-73-67(70)61-58-55-52-49-46-24-21-18-15-12-9-6-3)75-69(72)63-60-57-54-51-48-45-42-28-26-23-20-17-14-11-8-5-2/h7,10,16,19,25,27-28,30-31,33-34,36-37,42,66H,4-6,8-9,11-15,17-18,20-24,26,29,32,35,38-41,43-65H2,1-3H3/b10-7-,19-16-,27-25-,31-30-,34-33-,37-36-,42-28-. The molecule has 0 rings (SSSR count). The second-order valence-corrected chi connectivity index (χ2v) is 21.3. The van der Waals surface area contributed by atoms with Gasteiger partial charge in [0.05, 0.1) is 0 Å². The molecule has 0 aromatic carbocycles. The van der Waals surface area contributed by atoms with Crippen LogP contribution in [0.2, 0.25) is 0 Å². The van der Waals surface area contributed by atoms with Gasteiger partial charge in [0.15, 0.2) is 6.10 Å². The SMILES string of the molecule is CC/C=C\C/C=C\C/C=C\C/C=C\C/C=C\C/C=C\CCCCCCCCCCCCC(=O)OCC(COC(=O)CCCCCCCCCCCCCC)OC(=O)CCCCCCC/C=C\CCCCCCCCC. The average Bonchev–Trinajstić information content (AvgIpc) is 3.41. The van der Waals surface area contributed by atoms with Gasteiger partial charge in [-0.1, -0.05) is 286 Å². The van der Waals surface area contributed by atoms with E-state index in [0.717, 1.165) is 109 Å². The summed E-state index contributed by atoms with van der Waals surface area (Å²) in [6.45, 7) is 6.54. The van der Waals surface area contributed by atoms with Crippen LogP contribution in [-0.4, -0.2) is 37.2 Å². The van der Waals surface area contributed by atoms with Gasteiger partial charge in [0, 0.05) is 19.3 Å². The molecule has 0 fully saturated rings. The molecule has 0 aliphatic carbocycles. The summed E-state index contributed by atoms with van der Waals surface area (Å²) in [4.78, 5) is 38.2. The summed E-state index contributed by atoms with van der Waals surface area (Å²) < 4.78 is 16.9. The van der Waals surface area contributed by atoms with Crippen LogP contribution in [0.3, 0.4) is 0 Å². The minimum atomic E-state index is -0.781. The van der Waals surface area contributed by atoms with Crippen molar-refractivity contribution in [2.24, 2.45) is 0 Å². The highest BCUT2D eigenvalue weighted by Crippen LogP contribution is 2.16. The van der Waals surface area contributed by atoms with Crippen molar-refractivity contribution in [2.45, 2.75) is 322 Å². The van der Waals surface area contributed by atoms with Crippen LogP contribution in [0.1, 0.15) is 316 Å². The van der Waals surface area contributed by atoms with Crippen molar-refractivity contribution in [3.8, 4) is 0 Å². The molecule has 1 unspecified atom stereocenters. The Labute approximate surface area is 465 Å². The van der Waals surface area contributed by atoms with E-state index in [1.807, 2.05) is 0 Å². The highest BCUT2D eigenvalue weighted by Gasteiger charge is 2.19. The second-order valence-electron chi connectivity index (χ2n) is 21.3. The molecule has 432 valence electrons. The molecule has 0 aromatic rings. The number of allylic oxidation sites excluding steroid dienone is 14. The average molecular weight is 1050 g/mol. The number of unbranched alkanes of at least 4 members (excludes halogenated alkanes) is 33. The van der Waals surface area contributed by atoms with Crippen LogP contribution in [-0.2, 0) is 28.6 Å². The summed E-state index contributed by atoms with van der Waals surface area (Å²) in [6, 6.07) is 0. The van der Waals surface area contributed by atoms with Gasteiger partial charge in [-0.25, -0.2) is 0 Å². The molecule has 0 N–H and O–H groups in total. The number of carbonyl (C=O) groups excluding carboxylic acids is 3. The zero-order chi connectivity index (χ0) is 54.3. The Balaban J connectivity index is 4.26. The highest BCUT2D eigenvalue weighted by molar-refractivity contribution is 5.71. The molecule has 0 bridgehead atoms. The van der Waals surface area contributed by atoms with Crippen molar-refractivity contribution in [1.82, 2.24) is 0 Å². The Morgan fingerprint density at radius 2 is 0.520 bits per heavy atom. The smallest absolute Gasteiger partial charge is 0.306 e. The van der Waals surface area contributed by atoms with E-state index in [1.165, 1.54) is 167 Å². The first kappa shape index (κ1) is 71.6. The zero-order valence-corrected chi connectivity index (χ0v) is 49.6. The Kier molecular flexibility index (Phi) is 60.3. The molecular formula is C69H120O6. The summed E-state index contributed by atoms with van der Waals surface area (Å²) in [6.07, 6.45) is 83.0. The first-order valence-corrected chi connectivity index (χ1v) is 32.1. The van der Waals surface area contributed by atoms with Crippen LogP contribution in [0.15, 0.2) is 85.1 Å². The fourth-order valence-electron chi connectivity index (χ4n) is 9.09. The predicted molar refractivity (Wildman–Crippen MR) is 325 cm³/mol. The van der Waals surface area contributed by atoms with Crippen molar-refractivity contribution >= 4 is 17.9 Å². The van der Waals surface area contributed by atoms with Crippen molar-refractivity contribution in [1.29, 1.82) is 0 Å². The highest BCUT2D eigenvalue weighted by atomic mass is 16.6. The third-order valence-electron chi connectivity index (χ3n) is 13.9. The Morgan fingerprint density at radius 3 is 0.827 bits per heavy atom. The van der Waals surface area contributed by atoms with Gasteiger partial charge in [-0.3, -0.25) is 14.4 Å². The quantitative estimate of drug-likeness (QED) is 0.0261. The first-order valence-electron chi connectivity index (χ1n) is 32.1. The van der Waals surface area contributed by atoms with E-state index >= 15 is 0 Å². The Bertz CT molecular complexity index is 1430. The normalized spacial score (nSPS) is 12.6. The van der Waals surface area contributed by atoms with Gasteiger partial charge < -0.3 is 14.2 Å². The number of ether oxygens (including phenoxy) is 3. The minimum Gasteiger partial charge on any atom is -0.462 e. The molecule has 6 nitrogen and oxygen atoms in total. The van der Waals surface area contributed by atoms with Crippen molar-refractivity contribution in [3.63, 3.8) is 0 Å². The van der Waals surface area contributed by atoms with Crippen LogP contribution < -0.4 is 0 Å². The van der Waals surface area contributed by atoms with Crippen LogP contribution in [0, 0.1) is 0 Å². The van der Waals surface area contributed by atoms with Crippen LogP contribution >= 0.6 is 0 Å². The molecule has 0 heterocycles. The maximum Gasteiger partial charge on any atom is 0.306 e. The van der Waals surface area contributed by atoms with E-state index in [2.05, 4.69) is 106 Å². The summed E-state index contributed by atoms with van der Waals surface area (Å²) >= 11 is 0. The maximum absolute atomic E-state index is 12.9. The lowest BCUT2D eigenvalue weighted by Crippen LogP contribution is -2.30. The maximum atomic E-state index is 12.9. The zero-order valence-electron chi connectivity index (χ0n) is 49.6. The molecule has 0 spiro atoms. The van der Waals surface area contributed by atoms with Crippen LogP contribution in [0.5, 0.6) is 0 Å². The summed E-state index contributed by atoms with van der Waals surface area (Å²) in [7, 11) is 0. The van der Waals surface area contributed by atoms with Gasteiger partial charge >= 0.3 is 17.9 Å². The Morgan fingerprint density at radius 1 is 0.280 bits per heavy atom. The van der Waals surface area contributed by atoms with E-state index in [4.69, 9.17) is 14.2 Å². The largest absolute Gasteiger partial charge is 0.462 e. The molecule has 0 amide bonds. The van der Waals surface area contributed by atoms with Crippen molar-refractivity contribution < 1.29 is 28.6 Å². The van der Waals surface area contributed by atoms with E-state index in [0.29, 0.717) is 19.3 Å². The molecule has 0 aromatic heterocycles. The van der Waals surface area contributed by atoms with E-state index in [9.17, 15) is 14.4 Å². The molecule has 6 heteroatoms. The second kappa shape index (κ2) is 63.1. The fourth-order valence-corrected chi connectivity index (χ4v) is 9.09. The summed E-state index contributed by atoms with van der Waals surface area (Å²) in [5.74, 6) is -0.878. The van der Waals surface area contributed by atoms with Gasteiger partial charge in [-0.2, -0.15) is 0 Å². The van der Waals surface area contributed by atoms with Crippen molar-refractivity contribution in [3.05, 3.63) is 85.1 Å². The van der Waals surface area contributed by atoms with E-state index in [1.54, 1.807) is 0 Å². The molecular weight excluding hydrogens is 925 g/mol. The third-order valence-corrected chi connectivity index (χ3v) is 13.9. The molecule has 1 atom stereocenters. The molecule has 0 saturated carbocycles. The van der Waals surface area contributed by atoms with E-state index < -0.39 is 6.10 Å². The van der Waals surface area contributed by atoms with E-state index in [-0.39, 0.29) is 31.1 Å². The Hall–Kier alpha value is -3.41. The fraction of sp³-hybridized carbons (Fsp3) is 0.754. The number of esters is 3. The van der Waals surface area contributed by atoms with Gasteiger partial charge in [-0.15, -0.1) is 0 Å². The molecule has 75 heavy (non-hydrogen) atoms. The molecule has 0 aliphatic rings. The minimum absolute atomic E-state index is 0.0773. The molecule has 0 radical (unpaired) electrons. The van der Waals surface area contributed by atoms with Crippen molar-refractivity contribution in [2.75, 3.05) is 13.2 Å². The number of carbonyl (C=O) groups is 3. The lowest BCUT2D eigenvalue weighted by atomic mass is 10.0. The topological polar surface area (TPSA) is 78.9 Å². The third kappa shape index (κ3) is 61.3. The molecule has 0 saturated heterocycles.